The van der Waals surface area contributed by atoms with Crippen molar-refractivity contribution >= 4 is 5.69 Å². The van der Waals surface area contributed by atoms with Crippen molar-refractivity contribution in [1.29, 1.82) is 0 Å². The normalized spacial score (nSPS) is 11.1. The Bertz CT molecular complexity index is 367. The van der Waals surface area contributed by atoms with E-state index >= 15 is 0 Å². The van der Waals surface area contributed by atoms with Crippen LogP contribution in [0.15, 0.2) is 12.3 Å². The standard InChI is InChI=1S/C12H16N2/c1-9-6-10(7-12(2,3)4)14-8-11(9)13-5/h6,8H,7H2,1-4H3. The summed E-state index contributed by atoms with van der Waals surface area (Å²) in [5, 5.41) is 0. The molecule has 0 saturated heterocycles. The lowest BCUT2D eigenvalue weighted by atomic mass is 9.90. The minimum absolute atomic E-state index is 0.249. The van der Waals surface area contributed by atoms with Crippen molar-refractivity contribution in [2.45, 2.75) is 34.1 Å². The van der Waals surface area contributed by atoms with Gasteiger partial charge in [0, 0.05) is 11.9 Å². The zero-order chi connectivity index (χ0) is 10.8. The zero-order valence-corrected chi connectivity index (χ0v) is 9.26. The molecule has 1 heterocycles. The lowest BCUT2D eigenvalue weighted by molar-refractivity contribution is 0.406. The molecular formula is C12H16N2. The van der Waals surface area contributed by atoms with Gasteiger partial charge in [-0.25, -0.2) is 4.85 Å². The maximum absolute atomic E-state index is 6.92. The van der Waals surface area contributed by atoms with Crippen LogP contribution in [0.3, 0.4) is 0 Å². The molecule has 1 aromatic heterocycles. The summed E-state index contributed by atoms with van der Waals surface area (Å²) in [6.07, 6.45) is 2.62. The molecule has 1 aromatic rings. The second-order valence-electron chi connectivity index (χ2n) is 4.81. The topological polar surface area (TPSA) is 17.2 Å². The van der Waals surface area contributed by atoms with Crippen LogP contribution in [-0.4, -0.2) is 4.98 Å². The van der Waals surface area contributed by atoms with E-state index in [1.165, 1.54) is 0 Å². The first-order valence-corrected chi connectivity index (χ1v) is 4.75. The molecule has 74 valence electrons. The molecule has 0 bridgehead atoms. The Balaban J connectivity index is 2.94. The first kappa shape index (κ1) is 10.7. The molecule has 2 nitrogen and oxygen atoms in total. The lowest BCUT2D eigenvalue weighted by Crippen LogP contribution is -2.10. The highest BCUT2D eigenvalue weighted by Gasteiger charge is 2.12. The van der Waals surface area contributed by atoms with E-state index in [1.54, 1.807) is 6.20 Å². The van der Waals surface area contributed by atoms with Gasteiger partial charge < -0.3 is 0 Å². The van der Waals surface area contributed by atoms with Crippen molar-refractivity contribution in [1.82, 2.24) is 4.98 Å². The Morgan fingerprint density at radius 3 is 2.50 bits per heavy atom. The highest BCUT2D eigenvalue weighted by atomic mass is 14.7. The van der Waals surface area contributed by atoms with Crippen molar-refractivity contribution < 1.29 is 0 Å². The molecule has 0 aliphatic rings. The van der Waals surface area contributed by atoms with Crippen molar-refractivity contribution in [3.63, 3.8) is 0 Å². The molecule has 0 atom stereocenters. The molecule has 0 N–H and O–H groups in total. The van der Waals surface area contributed by atoms with Crippen LogP contribution >= 0.6 is 0 Å². The number of aryl methyl sites for hydroxylation is 1. The van der Waals surface area contributed by atoms with Crippen LogP contribution in [0.5, 0.6) is 0 Å². The van der Waals surface area contributed by atoms with Gasteiger partial charge in [-0.1, -0.05) is 20.8 Å². The summed E-state index contributed by atoms with van der Waals surface area (Å²) in [5.41, 5.74) is 3.00. The predicted octanol–water partition coefficient (Wildman–Crippen LogP) is 3.53. The van der Waals surface area contributed by atoms with Gasteiger partial charge in [0.1, 0.15) is 0 Å². The Kier molecular flexibility index (Phi) is 2.90. The molecule has 0 unspecified atom stereocenters. The first-order valence-electron chi connectivity index (χ1n) is 4.75. The summed E-state index contributed by atoms with van der Waals surface area (Å²) in [7, 11) is 0. The second kappa shape index (κ2) is 3.79. The van der Waals surface area contributed by atoms with Crippen LogP contribution in [0.4, 0.5) is 5.69 Å². The van der Waals surface area contributed by atoms with Gasteiger partial charge in [-0.05, 0) is 30.4 Å². The minimum Gasteiger partial charge on any atom is -0.273 e. The number of nitrogens with zero attached hydrogens (tertiary/aromatic N) is 2. The molecule has 14 heavy (non-hydrogen) atoms. The SMILES string of the molecule is [C-]#[N+]c1cnc(CC(C)(C)C)cc1C. The molecule has 0 aliphatic carbocycles. The fourth-order valence-electron chi connectivity index (χ4n) is 1.36. The molecule has 0 radical (unpaired) electrons. The van der Waals surface area contributed by atoms with Crippen molar-refractivity contribution in [2.24, 2.45) is 5.41 Å². The number of aromatic nitrogens is 1. The number of hydrogen-bond acceptors (Lipinski definition) is 1. The molecule has 0 saturated carbocycles. The predicted molar refractivity (Wildman–Crippen MR) is 58.4 cm³/mol. The molecular weight excluding hydrogens is 172 g/mol. The van der Waals surface area contributed by atoms with Crippen LogP contribution in [0, 0.1) is 18.9 Å². The Morgan fingerprint density at radius 1 is 1.43 bits per heavy atom. The third-order valence-electron chi connectivity index (χ3n) is 1.97. The number of hydrogen-bond donors (Lipinski definition) is 0. The molecule has 0 aliphatic heterocycles. The lowest BCUT2D eigenvalue weighted by Gasteiger charge is -2.17. The van der Waals surface area contributed by atoms with Gasteiger partial charge in [-0.2, -0.15) is 0 Å². The van der Waals surface area contributed by atoms with E-state index in [2.05, 4.69) is 30.6 Å². The van der Waals surface area contributed by atoms with Gasteiger partial charge in [0.05, 0.1) is 6.57 Å². The van der Waals surface area contributed by atoms with E-state index in [0.717, 1.165) is 17.7 Å². The number of rotatable bonds is 1. The van der Waals surface area contributed by atoms with Gasteiger partial charge in [-0.15, -0.1) is 0 Å². The summed E-state index contributed by atoms with van der Waals surface area (Å²) in [6.45, 7) is 15.4. The molecule has 1 rings (SSSR count). The molecule has 2 heteroatoms. The quantitative estimate of drug-likeness (QED) is 0.616. The third-order valence-corrected chi connectivity index (χ3v) is 1.97. The minimum atomic E-state index is 0.249. The van der Waals surface area contributed by atoms with E-state index in [4.69, 9.17) is 6.57 Å². The van der Waals surface area contributed by atoms with Crippen molar-refractivity contribution in [3.05, 3.63) is 34.9 Å². The Labute approximate surface area is 85.8 Å². The second-order valence-corrected chi connectivity index (χ2v) is 4.81. The first-order chi connectivity index (χ1) is 6.42. The van der Waals surface area contributed by atoms with Crippen molar-refractivity contribution in [2.75, 3.05) is 0 Å². The maximum Gasteiger partial charge on any atom is 0.207 e. The van der Waals surface area contributed by atoms with Crippen LogP contribution in [0.25, 0.3) is 4.85 Å². The molecule has 0 aromatic carbocycles. The van der Waals surface area contributed by atoms with E-state index < -0.39 is 0 Å². The van der Waals surface area contributed by atoms with Gasteiger partial charge in [0.25, 0.3) is 0 Å². The van der Waals surface area contributed by atoms with Gasteiger partial charge in [0.15, 0.2) is 0 Å². The van der Waals surface area contributed by atoms with Gasteiger partial charge in [0.2, 0.25) is 5.69 Å². The smallest absolute Gasteiger partial charge is 0.207 e. The van der Waals surface area contributed by atoms with Gasteiger partial charge in [-0.3, -0.25) is 4.98 Å². The third kappa shape index (κ3) is 2.85. The van der Waals surface area contributed by atoms with E-state index in [-0.39, 0.29) is 5.41 Å². The van der Waals surface area contributed by atoms with Crippen LogP contribution in [0.1, 0.15) is 32.0 Å². The average molecular weight is 188 g/mol. The average Bonchev–Trinajstić information content (AvgIpc) is 2.01. The van der Waals surface area contributed by atoms with Crippen LogP contribution < -0.4 is 0 Å². The Hall–Kier alpha value is -1.36. The highest BCUT2D eigenvalue weighted by molar-refractivity contribution is 5.49. The van der Waals surface area contributed by atoms with Crippen LogP contribution in [-0.2, 0) is 6.42 Å². The fourth-order valence-corrected chi connectivity index (χ4v) is 1.36. The Morgan fingerprint density at radius 2 is 2.07 bits per heavy atom. The summed E-state index contributed by atoms with van der Waals surface area (Å²) in [5.74, 6) is 0. The fraction of sp³-hybridized carbons (Fsp3) is 0.500. The summed E-state index contributed by atoms with van der Waals surface area (Å²) in [6, 6.07) is 2.01. The molecule has 0 spiro atoms. The molecule has 0 fully saturated rings. The summed E-state index contributed by atoms with van der Waals surface area (Å²) < 4.78 is 0. The largest absolute Gasteiger partial charge is 0.273 e. The van der Waals surface area contributed by atoms with E-state index in [9.17, 15) is 0 Å². The summed E-state index contributed by atoms with van der Waals surface area (Å²) >= 11 is 0. The molecule has 0 amide bonds. The number of pyridine rings is 1. The summed E-state index contributed by atoms with van der Waals surface area (Å²) in [4.78, 5) is 7.68. The monoisotopic (exact) mass is 188 g/mol. The highest BCUT2D eigenvalue weighted by Crippen LogP contribution is 2.23. The maximum atomic E-state index is 6.92. The van der Waals surface area contributed by atoms with E-state index in [0.29, 0.717) is 5.69 Å². The zero-order valence-electron chi connectivity index (χ0n) is 9.26. The van der Waals surface area contributed by atoms with Crippen molar-refractivity contribution in [3.8, 4) is 0 Å². The van der Waals surface area contributed by atoms with E-state index in [1.807, 2.05) is 13.0 Å². The van der Waals surface area contributed by atoms with Gasteiger partial charge >= 0.3 is 0 Å². The van der Waals surface area contributed by atoms with Crippen LogP contribution in [0.2, 0.25) is 0 Å².